The minimum Gasteiger partial charge on any atom is -0.547 e. The monoisotopic (exact) mass is 280 g/mol. The molecule has 0 radical (unpaired) electrons. The topological polar surface area (TPSA) is 9.23 Å². The van der Waals surface area contributed by atoms with Gasteiger partial charge in [-0.3, -0.25) is 0 Å². The normalized spacial score (nSPS) is 33.3. The predicted octanol–water partition coefficient (Wildman–Crippen LogP) is 5.59. The van der Waals surface area contributed by atoms with Crippen LogP contribution in [0.5, 0.6) is 0 Å². The third-order valence-electron chi connectivity index (χ3n) is 5.77. The van der Waals surface area contributed by atoms with Gasteiger partial charge < -0.3 is 4.43 Å². The lowest BCUT2D eigenvalue weighted by molar-refractivity contribution is 0.149. The summed E-state index contributed by atoms with van der Waals surface area (Å²) in [7, 11) is -1.49. The fourth-order valence-corrected chi connectivity index (χ4v) is 5.38. The van der Waals surface area contributed by atoms with Crippen molar-refractivity contribution in [1.82, 2.24) is 0 Å². The van der Waals surface area contributed by atoms with Crippen LogP contribution in [0.1, 0.15) is 53.9 Å². The molecule has 0 aromatic carbocycles. The second kappa shape index (κ2) is 4.38. The number of hydrogen-bond donors (Lipinski definition) is 0. The molecule has 2 aliphatic carbocycles. The van der Waals surface area contributed by atoms with Crippen LogP contribution in [0.2, 0.25) is 19.6 Å². The van der Waals surface area contributed by atoms with E-state index in [0.29, 0.717) is 10.8 Å². The molecule has 110 valence electrons. The summed E-state index contributed by atoms with van der Waals surface area (Å²) in [5.74, 6) is 2.83. The third-order valence-corrected chi connectivity index (χ3v) is 6.62. The fourth-order valence-electron chi connectivity index (χ4n) is 4.43. The van der Waals surface area contributed by atoms with E-state index >= 15 is 0 Å². The van der Waals surface area contributed by atoms with E-state index in [1.54, 1.807) is 5.57 Å². The van der Waals surface area contributed by atoms with Crippen molar-refractivity contribution in [3.8, 4) is 0 Å². The molecule has 2 heteroatoms. The van der Waals surface area contributed by atoms with Crippen molar-refractivity contribution in [3.05, 3.63) is 11.3 Å². The maximum absolute atomic E-state index is 6.49. The highest BCUT2D eigenvalue weighted by atomic mass is 28.4. The standard InChI is InChI=1S/C17H32OSi/c1-12-16(2,3)13-10-9-11-14(18-19(6,7)8)15(13)17(12,4)5/h12-13H,9-11H2,1-8H3. The summed E-state index contributed by atoms with van der Waals surface area (Å²) in [6.45, 7) is 19.2. The van der Waals surface area contributed by atoms with Crippen LogP contribution in [0.4, 0.5) is 0 Å². The van der Waals surface area contributed by atoms with Crippen molar-refractivity contribution in [2.75, 3.05) is 0 Å². The molecule has 0 aliphatic heterocycles. The molecule has 0 aromatic rings. The average molecular weight is 281 g/mol. The molecule has 0 bridgehead atoms. The van der Waals surface area contributed by atoms with Crippen molar-refractivity contribution in [3.63, 3.8) is 0 Å². The smallest absolute Gasteiger partial charge is 0.241 e. The van der Waals surface area contributed by atoms with E-state index in [9.17, 15) is 0 Å². The van der Waals surface area contributed by atoms with Crippen LogP contribution in [-0.4, -0.2) is 8.32 Å². The molecule has 2 aliphatic rings. The van der Waals surface area contributed by atoms with Gasteiger partial charge in [0.15, 0.2) is 0 Å². The molecule has 1 nitrogen and oxygen atoms in total. The van der Waals surface area contributed by atoms with Gasteiger partial charge in [0.2, 0.25) is 8.32 Å². The van der Waals surface area contributed by atoms with Crippen LogP contribution in [-0.2, 0) is 4.43 Å². The van der Waals surface area contributed by atoms with E-state index in [-0.39, 0.29) is 0 Å². The average Bonchev–Trinajstić information content (AvgIpc) is 2.37. The zero-order valence-corrected chi connectivity index (χ0v) is 15.2. The van der Waals surface area contributed by atoms with Gasteiger partial charge >= 0.3 is 0 Å². The summed E-state index contributed by atoms with van der Waals surface area (Å²) >= 11 is 0. The molecule has 19 heavy (non-hydrogen) atoms. The Hall–Kier alpha value is -0.243. The van der Waals surface area contributed by atoms with Crippen LogP contribution in [0.15, 0.2) is 11.3 Å². The molecule has 2 unspecified atom stereocenters. The molecule has 0 aromatic heterocycles. The Kier molecular flexibility index (Phi) is 3.49. The molecule has 1 fully saturated rings. The zero-order chi connectivity index (χ0) is 14.6. The SMILES string of the molecule is CC1C(C)(C)C2=C(O[Si](C)(C)C)CCCC2C1(C)C. The number of fused-ring (bicyclic) bond motifs is 1. The first-order valence-electron chi connectivity index (χ1n) is 7.90. The van der Waals surface area contributed by atoms with E-state index in [2.05, 4.69) is 54.3 Å². The second-order valence-electron chi connectivity index (χ2n) is 8.76. The first-order chi connectivity index (χ1) is 8.48. The molecule has 0 heterocycles. The van der Waals surface area contributed by atoms with Crippen molar-refractivity contribution in [1.29, 1.82) is 0 Å². The van der Waals surface area contributed by atoms with Crippen molar-refractivity contribution >= 4 is 8.32 Å². The minimum atomic E-state index is -1.49. The van der Waals surface area contributed by atoms with Gasteiger partial charge in [0, 0.05) is 6.42 Å². The lowest BCUT2D eigenvalue weighted by atomic mass is 9.71. The highest BCUT2D eigenvalue weighted by Gasteiger charge is 2.56. The Morgan fingerprint density at radius 3 is 2.21 bits per heavy atom. The Morgan fingerprint density at radius 1 is 1.11 bits per heavy atom. The van der Waals surface area contributed by atoms with Crippen LogP contribution in [0.3, 0.4) is 0 Å². The summed E-state index contributed by atoms with van der Waals surface area (Å²) in [5, 5.41) is 0. The van der Waals surface area contributed by atoms with Crippen LogP contribution >= 0.6 is 0 Å². The lowest BCUT2D eigenvalue weighted by Gasteiger charge is -2.35. The van der Waals surface area contributed by atoms with Gasteiger partial charge in [-0.25, -0.2) is 0 Å². The molecule has 0 spiro atoms. The summed E-state index contributed by atoms with van der Waals surface area (Å²) in [5.41, 5.74) is 2.37. The lowest BCUT2D eigenvalue weighted by Crippen LogP contribution is -2.29. The van der Waals surface area contributed by atoms with Gasteiger partial charge in [0.25, 0.3) is 0 Å². The quantitative estimate of drug-likeness (QED) is 0.599. The molecule has 1 saturated carbocycles. The largest absolute Gasteiger partial charge is 0.547 e. The molecule has 0 N–H and O–H groups in total. The van der Waals surface area contributed by atoms with E-state index < -0.39 is 8.32 Å². The number of allylic oxidation sites excluding steroid dienone is 2. The van der Waals surface area contributed by atoms with Gasteiger partial charge in [0.1, 0.15) is 0 Å². The first kappa shape index (κ1) is 15.2. The van der Waals surface area contributed by atoms with Gasteiger partial charge in [-0.1, -0.05) is 34.6 Å². The molecule has 0 amide bonds. The number of hydrogen-bond acceptors (Lipinski definition) is 1. The Balaban J connectivity index is 2.50. The summed E-state index contributed by atoms with van der Waals surface area (Å²) in [6.07, 6.45) is 3.83. The van der Waals surface area contributed by atoms with Crippen molar-refractivity contribution in [2.24, 2.45) is 22.7 Å². The molecular weight excluding hydrogens is 248 g/mol. The predicted molar refractivity (Wildman–Crippen MR) is 85.5 cm³/mol. The van der Waals surface area contributed by atoms with E-state index in [4.69, 9.17) is 4.43 Å². The van der Waals surface area contributed by atoms with E-state index in [1.165, 1.54) is 25.0 Å². The highest BCUT2D eigenvalue weighted by molar-refractivity contribution is 6.70. The van der Waals surface area contributed by atoms with Crippen LogP contribution < -0.4 is 0 Å². The van der Waals surface area contributed by atoms with Gasteiger partial charge in [-0.15, -0.1) is 0 Å². The van der Waals surface area contributed by atoms with Crippen LogP contribution in [0, 0.1) is 22.7 Å². The zero-order valence-electron chi connectivity index (χ0n) is 14.2. The minimum absolute atomic E-state index is 0.295. The molecule has 2 atom stereocenters. The van der Waals surface area contributed by atoms with Gasteiger partial charge in [-0.2, -0.15) is 0 Å². The summed E-state index contributed by atoms with van der Waals surface area (Å²) < 4.78 is 6.49. The molecular formula is C17H32OSi. The van der Waals surface area contributed by atoms with E-state index in [0.717, 1.165) is 11.8 Å². The van der Waals surface area contributed by atoms with Gasteiger partial charge in [-0.05, 0) is 60.7 Å². The third kappa shape index (κ3) is 2.41. The van der Waals surface area contributed by atoms with Crippen LogP contribution in [0.25, 0.3) is 0 Å². The maximum Gasteiger partial charge on any atom is 0.241 e. The fraction of sp³-hybridized carbons (Fsp3) is 0.882. The second-order valence-corrected chi connectivity index (χ2v) is 13.2. The van der Waals surface area contributed by atoms with Gasteiger partial charge in [0.05, 0.1) is 5.76 Å². The number of rotatable bonds is 2. The first-order valence-corrected chi connectivity index (χ1v) is 11.3. The Morgan fingerprint density at radius 2 is 1.68 bits per heavy atom. The van der Waals surface area contributed by atoms with Crippen molar-refractivity contribution in [2.45, 2.75) is 73.5 Å². The summed E-state index contributed by atoms with van der Waals surface area (Å²) in [6, 6.07) is 0. The maximum atomic E-state index is 6.49. The summed E-state index contributed by atoms with van der Waals surface area (Å²) in [4.78, 5) is 0. The highest BCUT2D eigenvalue weighted by Crippen LogP contribution is 2.64. The van der Waals surface area contributed by atoms with E-state index in [1.807, 2.05) is 0 Å². The van der Waals surface area contributed by atoms with Crippen molar-refractivity contribution < 1.29 is 4.43 Å². The Labute approximate surface area is 120 Å². The molecule has 2 rings (SSSR count). The Bertz CT molecular complexity index is 398. The molecule has 0 saturated heterocycles.